The minimum atomic E-state index is 0.598. The van der Waals surface area contributed by atoms with Crippen LogP contribution in [0.5, 0.6) is 0 Å². The van der Waals surface area contributed by atoms with Crippen molar-refractivity contribution in [2.75, 3.05) is 5.32 Å². The van der Waals surface area contributed by atoms with Crippen molar-refractivity contribution in [1.82, 2.24) is 5.32 Å². The third-order valence-electron chi connectivity index (χ3n) is 2.37. The standard InChI is InChI=1S/C14H13ClN2S/c15-12-6-4-5-11(9-12)10-16-14(18)17-13-7-2-1-3-8-13/h1-9H,10H2,(H2,16,17,18). The second-order valence-corrected chi connectivity index (χ2v) is 4.65. The first-order chi connectivity index (χ1) is 8.74. The Balaban J connectivity index is 1.85. The highest BCUT2D eigenvalue weighted by molar-refractivity contribution is 7.80. The van der Waals surface area contributed by atoms with Gasteiger partial charge in [-0.15, -0.1) is 0 Å². The molecule has 0 aliphatic rings. The summed E-state index contributed by atoms with van der Waals surface area (Å²) in [6.07, 6.45) is 0. The van der Waals surface area contributed by atoms with Crippen LogP contribution >= 0.6 is 23.8 Å². The second-order valence-electron chi connectivity index (χ2n) is 3.80. The van der Waals surface area contributed by atoms with Gasteiger partial charge in [-0.3, -0.25) is 0 Å². The molecule has 0 saturated carbocycles. The Morgan fingerprint density at radius 1 is 1.06 bits per heavy atom. The van der Waals surface area contributed by atoms with Gasteiger partial charge in [-0.25, -0.2) is 0 Å². The Morgan fingerprint density at radius 3 is 2.56 bits per heavy atom. The van der Waals surface area contributed by atoms with Crippen LogP contribution in [0.4, 0.5) is 5.69 Å². The molecular formula is C14H13ClN2S. The molecule has 0 aliphatic carbocycles. The molecule has 0 fully saturated rings. The number of nitrogens with one attached hydrogen (secondary N) is 2. The zero-order valence-electron chi connectivity index (χ0n) is 9.69. The first-order valence-electron chi connectivity index (χ1n) is 5.58. The number of halogens is 1. The van der Waals surface area contributed by atoms with Crippen LogP contribution in [0, 0.1) is 0 Å². The van der Waals surface area contributed by atoms with Gasteiger partial charge >= 0.3 is 0 Å². The zero-order chi connectivity index (χ0) is 12.8. The van der Waals surface area contributed by atoms with E-state index in [2.05, 4.69) is 10.6 Å². The lowest BCUT2D eigenvalue weighted by atomic mass is 10.2. The molecule has 2 nitrogen and oxygen atoms in total. The van der Waals surface area contributed by atoms with Gasteiger partial charge in [0.25, 0.3) is 0 Å². The van der Waals surface area contributed by atoms with Crippen molar-refractivity contribution in [1.29, 1.82) is 0 Å². The Bertz CT molecular complexity index is 528. The fourth-order valence-electron chi connectivity index (χ4n) is 1.53. The third kappa shape index (κ3) is 4.02. The minimum Gasteiger partial charge on any atom is -0.358 e. The van der Waals surface area contributed by atoms with Crippen LogP contribution in [0.15, 0.2) is 54.6 Å². The number of thiocarbonyl (C=S) groups is 1. The molecule has 0 aromatic heterocycles. The van der Waals surface area contributed by atoms with E-state index < -0.39 is 0 Å². The number of para-hydroxylation sites is 1. The van der Waals surface area contributed by atoms with E-state index >= 15 is 0 Å². The van der Waals surface area contributed by atoms with Gasteiger partial charge in [0.05, 0.1) is 0 Å². The molecule has 4 heteroatoms. The van der Waals surface area contributed by atoms with Crippen molar-refractivity contribution in [3.05, 3.63) is 65.2 Å². The van der Waals surface area contributed by atoms with Gasteiger partial charge in [0.1, 0.15) is 0 Å². The Kier molecular flexibility index (Phi) is 4.56. The van der Waals surface area contributed by atoms with Crippen LogP contribution in [-0.2, 0) is 6.54 Å². The van der Waals surface area contributed by atoms with Gasteiger partial charge in [0, 0.05) is 17.3 Å². The van der Waals surface area contributed by atoms with E-state index in [9.17, 15) is 0 Å². The summed E-state index contributed by atoms with van der Waals surface area (Å²) in [6.45, 7) is 0.652. The predicted octanol–water partition coefficient (Wildman–Crippen LogP) is 3.83. The highest BCUT2D eigenvalue weighted by atomic mass is 35.5. The van der Waals surface area contributed by atoms with E-state index in [-0.39, 0.29) is 0 Å². The van der Waals surface area contributed by atoms with Gasteiger partial charge in [0.15, 0.2) is 5.11 Å². The monoisotopic (exact) mass is 276 g/mol. The molecule has 92 valence electrons. The summed E-state index contributed by atoms with van der Waals surface area (Å²) in [5.41, 5.74) is 2.07. The van der Waals surface area contributed by atoms with E-state index in [1.807, 2.05) is 54.6 Å². The Hall–Kier alpha value is -1.58. The summed E-state index contributed by atoms with van der Waals surface area (Å²) in [5.74, 6) is 0. The predicted molar refractivity (Wildman–Crippen MR) is 81.0 cm³/mol. The zero-order valence-corrected chi connectivity index (χ0v) is 11.3. The molecule has 2 aromatic rings. The smallest absolute Gasteiger partial charge is 0.171 e. The van der Waals surface area contributed by atoms with Gasteiger partial charge in [-0.05, 0) is 42.0 Å². The van der Waals surface area contributed by atoms with Gasteiger partial charge in [-0.1, -0.05) is 41.9 Å². The molecule has 18 heavy (non-hydrogen) atoms. The normalized spacial score (nSPS) is 9.83. The highest BCUT2D eigenvalue weighted by Gasteiger charge is 1.98. The topological polar surface area (TPSA) is 24.1 Å². The largest absolute Gasteiger partial charge is 0.358 e. The van der Waals surface area contributed by atoms with Crippen LogP contribution in [-0.4, -0.2) is 5.11 Å². The molecule has 0 spiro atoms. The van der Waals surface area contributed by atoms with Crippen molar-refractivity contribution in [2.45, 2.75) is 6.54 Å². The van der Waals surface area contributed by atoms with E-state index in [4.69, 9.17) is 23.8 Å². The lowest BCUT2D eigenvalue weighted by molar-refractivity contribution is 0.926. The molecule has 0 unspecified atom stereocenters. The molecule has 2 aromatic carbocycles. The lowest BCUT2D eigenvalue weighted by Crippen LogP contribution is -2.27. The van der Waals surface area contributed by atoms with Crippen molar-refractivity contribution < 1.29 is 0 Å². The van der Waals surface area contributed by atoms with E-state index in [0.29, 0.717) is 11.7 Å². The van der Waals surface area contributed by atoms with Gasteiger partial charge in [-0.2, -0.15) is 0 Å². The molecule has 0 radical (unpaired) electrons. The maximum absolute atomic E-state index is 5.91. The molecule has 0 saturated heterocycles. The maximum atomic E-state index is 5.91. The van der Waals surface area contributed by atoms with Crippen LogP contribution in [0.1, 0.15) is 5.56 Å². The van der Waals surface area contributed by atoms with E-state index in [0.717, 1.165) is 16.3 Å². The number of rotatable bonds is 3. The molecular weight excluding hydrogens is 264 g/mol. The average Bonchev–Trinajstić information content (AvgIpc) is 2.38. The molecule has 2 rings (SSSR count). The summed E-state index contributed by atoms with van der Waals surface area (Å²) < 4.78 is 0. The second kappa shape index (κ2) is 6.38. The number of hydrogen-bond donors (Lipinski definition) is 2. The molecule has 0 heterocycles. The summed E-state index contributed by atoms with van der Waals surface area (Å²) in [4.78, 5) is 0. The van der Waals surface area contributed by atoms with E-state index in [1.54, 1.807) is 0 Å². The summed E-state index contributed by atoms with van der Waals surface area (Å²) in [7, 11) is 0. The van der Waals surface area contributed by atoms with Crippen molar-refractivity contribution in [3.8, 4) is 0 Å². The average molecular weight is 277 g/mol. The quantitative estimate of drug-likeness (QED) is 0.834. The molecule has 0 aliphatic heterocycles. The first kappa shape index (κ1) is 12.9. The summed E-state index contributed by atoms with van der Waals surface area (Å²) in [6, 6.07) is 17.5. The van der Waals surface area contributed by atoms with Crippen molar-refractivity contribution in [3.63, 3.8) is 0 Å². The van der Waals surface area contributed by atoms with Crippen molar-refractivity contribution >= 4 is 34.6 Å². The van der Waals surface area contributed by atoms with Crippen LogP contribution < -0.4 is 10.6 Å². The third-order valence-corrected chi connectivity index (χ3v) is 2.86. The minimum absolute atomic E-state index is 0.598. The SMILES string of the molecule is S=C(NCc1cccc(Cl)c1)Nc1ccccc1. The molecule has 0 bridgehead atoms. The van der Waals surface area contributed by atoms with Crippen LogP contribution in [0.2, 0.25) is 5.02 Å². The number of benzene rings is 2. The Labute approximate surface area is 117 Å². The summed E-state index contributed by atoms with van der Waals surface area (Å²) >= 11 is 11.1. The summed E-state index contributed by atoms with van der Waals surface area (Å²) in [5, 5.41) is 7.58. The van der Waals surface area contributed by atoms with Gasteiger partial charge < -0.3 is 10.6 Å². The highest BCUT2D eigenvalue weighted by Crippen LogP contribution is 2.10. The molecule has 0 atom stereocenters. The van der Waals surface area contributed by atoms with Crippen molar-refractivity contribution in [2.24, 2.45) is 0 Å². The van der Waals surface area contributed by atoms with Crippen LogP contribution in [0.25, 0.3) is 0 Å². The molecule has 2 N–H and O–H groups in total. The maximum Gasteiger partial charge on any atom is 0.171 e. The first-order valence-corrected chi connectivity index (χ1v) is 6.37. The number of hydrogen-bond acceptors (Lipinski definition) is 1. The van der Waals surface area contributed by atoms with Crippen LogP contribution in [0.3, 0.4) is 0 Å². The lowest BCUT2D eigenvalue weighted by Gasteiger charge is -2.10. The Morgan fingerprint density at radius 2 is 1.83 bits per heavy atom. The van der Waals surface area contributed by atoms with E-state index in [1.165, 1.54) is 0 Å². The fraction of sp³-hybridized carbons (Fsp3) is 0.0714. The number of anilines is 1. The fourth-order valence-corrected chi connectivity index (χ4v) is 1.93. The molecule has 0 amide bonds. The van der Waals surface area contributed by atoms with Gasteiger partial charge in [0.2, 0.25) is 0 Å².